The molecular formula is C9H10F3NO. The Morgan fingerprint density at radius 3 is 2.14 bits per heavy atom. The maximum Gasteiger partial charge on any atom is 0.430 e. The number of carbonyl (C=O) groups excluding carboxylic acids is 1. The van der Waals surface area contributed by atoms with Crippen LogP contribution in [0, 0.1) is 0 Å². The smallest absolute Gasteiger partial charge is 0.395 e. The van der Waals surface area contributed by atoms with Gasteiger partial charge in [-0.05, 0) is 19.1 Å². The molecule has 0 aromatic heterocycles. The second-order valence-electron chi connectivity index (χ2n) is 2.50. The summed E-state index contributed by atoms with van der Waals surface area (Å²) in [5, 5.41) is 0. The molecule has 0 radical (unpaired) electrons. The van der Waals surface area contributed by atoms with Gasteiger partial charge in [-0.2, -0.15) is 13.2 Å². The van der Waals surface area contributed by atoms with E-state index < -0.39 is 11.9 Å². The highest BCUT2D eigenvalue weighted by Crippen LogP contribution is 2.21. The van der Waals surface area contributed by atoms with E-state index in [1.54, 1.807) is 0 Å². The van der Waals surface area contributed by atoms with Gasteiger partial charge in [-0.25, -0.2) is 0 Å². The van der Waals surface area contributed by atoms with E-state index in [1.165, 1.54) is 13.0 Å². The summed E-state index contributed by atoms with van der Waals surface area (Å²) in [4.78, 5) is 10.7. The van der Waals surface area contributed by atoms with Gasteiger partial charge in [0.15, 0.2) is 5.78 Å². The van der Waals surface area contributed by atoms with Gasteiger partial charge in [-0.15, -0.1) is 0 Å². The van der Waals surface area contributed by atoms with Crippen molar-refractivity contribution in [2.45, 2.75) is 13.1 Å². The van der Waals surface area contributed by atoms with Crippen molar-refractivity contribution in [1.82, 2.24) is 0 Å². The number of hydrogen-bond acceptors (Lipinski definition) is 2. The lowest BCUT2D eigenvalue weighted by Crippen LogP contribution is -2.18. The largest absolute Gasteiger partial charge is 0.430 e. The minimum atomic E-state index is -4.57. The Labute approximate surface area is 79.6 Å². The molecule has 0 heterocycles. The van der Waals surface area contributed by atoms with Gasteiger partial charge in [0.2, 0.25) is 0 Å². The predicted molar refractivity (Wildman–Crippen MR) is 47.3 cm³/mol. The highest BCUT2D eigenvalue weighted by atomic mass is 19.4. The standard InChI is InChI=1S/C9H10F3NO/c1-3-7(6(2)14)4-5-8(13)9(10,11)12/h3-5H,1,13H2,2H3/b7-4+,8-5-. The second kappa shape index (κ2) is 4.64. The van der Waals surface area contributed by atoms with E-state index in [0.717, 1.165) is 6.08 Å². The molecule has 78 valence electrons. The minimum Gasteiger partial charge on any atom is -0.395 e. The first-order valence-electron chi connectivity index (χ1n) is 3.67. The van der Waals surface area contributed by atoms with E-state index >= 15 is 0 Å². The van der Waals surface area contributed by atoms with Gasteiger partial charge < -0.3 is 5.73 Å². The van der Waals surface area contributed by atoms with Gasteiger partial charge in [0, 0.05) is 5.57 Å². The maximum absolute atomic E-state index is 11.9. The predicted octanol–water partition coefficient (Wildman–Crippen LogP) is 2.09. The number of Topliss-reactive ketones (excluding diaryl/α,β-unsaturated/α-hetero) is 1. The summed E-state index contributed by atoms with van der Waals surface area (Å²) in [7, 11) is 0. The third-order valence-corrected chi connectivity index (χ3v) is 1.40. The Balaban J connectivity index is 4.85. The van der Waals surface area contributed by atoms with Crippen LogP contribution in [0.4, 0.5) is 13.2 Å². The van der Waals surface area contributed by atoms with Crippen molar-refractivity contribution in [2.75, 3.05) is 0 Å². The molecule has 0 atom stereocenters. The van der Waals surface area contributed by atoms with Crippen molar-refractivity contribution in [2.24, 2.45) is 5.73 Å². The normalized spacial score (nSPS) is 14.0. The van der Waals surface area contributed by atoms with E-state index in [2.05, 4.69) is 6.58 Å². The third-order valence-electron chi connectivity index (χ3n) is 1.40. The van der Waals surface area contributed by atoms with Gasteiger partial charge >= 0.3 is 6.18 Å². The fraction of sp³-hybridized carbons (Fsp3) is 0.222. The third kappa shape index (κ3) is 3.93. The fourth-order valence-corrected chi connectivity index (χ4v) is 0.603. The molecule has 0 aliphatic rings. The zero-order valence-corrected chi connectivity index (χ0v) is 7.56. The molecule has 0 aromatic carbocycles. The van der Waals surface area contributed by atoms with Crippen LogP contribution in [-0.4, -0.2) is 12.0 Å². The van der Waals surface area contributed by atoms with Crippen LogP contribution in [0.1, 0.15) is 6.92 Å². The second-order valence-corrected chi connectivity index (χ2v) is 2.50. The van der Waals surface area contributed by atoms with Crippen molar-refractivity contribution in [3.05, 3.63) is 36.1 Å². The summed E-state index contributed by atoms with van der Waals surface area (Å²) in [6.07, 6.45) is -1.78. The molecule has 0 aliphatic heterocycles. The van der Waals surface area contributed by atoms with Crippen LogP contribution in [0.2, 0.25) is 0 Å². The fourth-order valence-electron chi connectivity index (χ4n) is 0.603. The first kappa shape index (κ1) is 12.5. The Kier molecular flexibility index (Phi) is 4.14. The van der Waals surface area contributed by atoms with Gasteiger partial charge in [0.05, 0.1) is 0 Å². The topological polar surface area (TPSA) is 43.1 Å². The van der Waals surface area contributed by atoms with Crippen LogP contribution in [0.3, 0.4) is 0 Å². The van der Waals surface area contributed by atoms with Gasteiger partial charge in [0.25, 0.3) is 0 Å². The number of ketones is 1. The van der Waals surface area contributed by atoms with E-state index in [0.29, 0.717) is 6.08 Å². The Hall–Kier alpha value is -1.52. The molecular weight excluding hydrogens is 195 g/mol. The van der Waals surface area contributed by atoms with Crippen molar-refractivity contribution in [3.63, 3.8) is 0 Å². The monoisotopic (exact) mass is 205 g/mol. The van der Waals surface area contributed by atoms with Gasteiger partial charge in [-0.1, -0.05) is 12.7 Å². The van der Waals surface area contributed by atoms with Crippen molar-refractivity contribution < 1.29 is 18.0 Å². The molecule has 0 unspecified atom stereocenters. The van der Waals surface area contributed by atoms with Gasteiger partial charge in [0.1, 0.15) is 5.70 Å². The number of hydrogen-bond donors (Lipinski definition) is 1. The minimum absolute atomic E-state index is 0.0807. The summed E-state index contributed by atoms with van der Waals surface area (Å²) in [6, 6.07) is 0. The average Bonchev–Trinajstić information content (AvgIpc) is 2.02. The molecule has 14 heavy (non-hydrogen) atoms. The molecule has 0 bridgehead atoms. The van der Waals surface area contributed by atoms with Crippen molar-refractivity contribution in [3.8, 4) is 0 Å². The van der Waals surface area contributed by atoms with Crippen molar-refractivity contribution >= 4 is 5.78 Å². The van der Waals surface area contributed by atoms with E-state index in [1.807, 2.05) is 0 Å². The van der Waals surface area contributed by atoms with E-state index in [9.17, 15) is 18.0 Å². The molecule has 0 aromatic rings. The first-order chi connectivity index (χ1) is 6.29. The van der Waals surface area contributed by atoms with Crippen LogP contribution in [-0.2, 0) is 4.79 Å². The number of carbonyl (C=O) groups is 1. The van der Waals surface area contributed by atoms with E-state index in [4.69, 9.17) is 5.73 Å². The van der Waals surface area contributed by atoms with Crippen LogP contribution in [0.15, 0.2) is 36.1 Å². The highest BCUT2D eigenvalue weighted by molar-refractivity contribution is 5.96. The molecule has 0 rings (SSSR count). The van der Waals surface area contributed by atoms with Crippen LogP contribution in [0.25, 0.3) is 0 Å². The highest BCUT2D eigenvalue weighted by Gasteiger charge is 2.30. The zero-order valence-electron chi connectivity index (χ0n) is 7.56. The maximum atomic E-state index is 11.9. The summed E-state index contributed by atoms with van der Waals surface area (Å²) < 4.78 is 35.6. The lowest BCUT2D eigenvalue weighted by molar-refractivity contribution is -0.113. The van der Waals surface area contributed by atoms with Gasteiger partial charge in [-0.3, -0.25) is 4.79 Å². The number of nitrogens with two attached hydrogens (primary N) is 1. The van der Waals surface area contributed by atoms with Crippen molar-refractivity contribution in [1.29, 1.82) is 0 Å². The molecule has 2 nitrogen and oxygen atoms in total. The number of allylic oxidation sites excluding steroid dienone is 5. The molecule has 0 aliphatic carbocycles. The summed E-state index contributed by atoms with van der Waals surface area (Å²) in [5.41, 5.74) is 3.53. The quantitative estimate of drug-likeness (QED) is 0.566. The first-order valence-corrected chi connectivity index (χ1v) is 3.67. The number of halogens is 3. The molecule has 0 saturated heterocycles. The Morgan fingerprint density at radius 2 is 1.86 bits per heavy atom. The van der Waals surface area contributed by atoms with E-state index in [-0.39, 0.29) is 11.4 Å². The van der Waals surface area contributed by atoms with Crippen LogP contribution >= 0.6 is 0 Å². The van der Waals surface area contributed by atoms with Crippen LogP contribution in [0.5, 0.6) is 0 Å². The lowest BCUT2D eigenvalue weighted by atomic mass is 10.1. The molecule has 0 saturated carbocycles. The number of rotatable bonds is 3. The molecule has 0 spiro atoms. The lowest BCUT2D eigenvalue weighted by Gasteiger charge is -2.04. The average molecular weight is 205 g/mol. The summed E-state index contributed by atoms with van der Waals surface area (Å²) in [5.74, 6) is -0.369. The molecule has 0 fully saturated rings. The molecule has 2 N–H and O–H groups in total. The Morgan fingerprint density at radius 1 is 1.36 bits per heavy atom. The SMILES string of the molecule is C=C/C(=C\C=C(/N)C(F)(F)F)C(C)=O. The molecule has 5 heteroatoms. The summed E-state index contributed by atoms with van der Waals surface area (Å²) in [6.45, 7) is 4.51. The molecule has 0 amide bonds. The Bertz CT molecular complexity index is 300. The zero-order chi connectivity index (χ0) is 11.4. The summed E-state index contributed by atoms with van der Waals surface area (Å²) >= 11 is 0. The number of alkyl halides is 3. The van der Waals surface area contributed by atoms with Crippen LogP contribution < -0.4 is 5.73 Å².